The van der Waals surface area contributed by atoms with E-state index in [0.29, 0.717) is 12.6 Å². The van der Waals surface area contributed by atoms with E-state index in [4.69, 9.17) is 4.74 Å². The van der Waals surface area contributed by atoms with Crippen LogP contribution in [-0.4, -0.2) is 48.8 Å². The second-order valence-electron chi connectivity index (χ2n) is 6.07. The van der Waals surface area contributed by atoms with E-state index >= 15 is 0 Å². The second-order valence-corrected chi connectivity index (χ2v) is 6.07. The minimum absolute atomic E-state index is 0.0518. The Hall–Kier alpha value is -1.59. The molecule has 22 heavy (non-hydrogen) atoms. The Labute approximate surface area is 132 Å². The highest BCUT2D eigenvalue weighted by atomic mass is 16.5. The van der Waals surface area contributed by atoms with Gasteiger partial charge in [-0.3, -0.25) is 4.79 Å². The smallest absolute Gasteiger partial charge is 0.259 e. The number of carbonyl (C=O) groups excluding carboxylic acids is 1. The molecule has 0 aromatic heterocycles. The Bertz CT molecular complexity index is 483. The predicted molar refractivity (Wildman–Crippen MR) is 85.7 cm³/mol. The Balaban J connectivity index is 1.86. The molecule has 1 aromatic rings. The number of benzene rings is 1. The molecule has 0 spiro atoms. The van der Waals surface area contributed by atoms with E-state index in [-0.39, 0.29) is 18.6 Å². The minimum atomic E-state index is -0.134. The van der Waals surface area contributed by atoms with Crippen LogP contribution in [0.1, 0.15) is 31.2 Å². The Morgan fingerprint density at radius 1 is 1.27 bits per heavy atom. The normalized spacial score (nSPS) is 21.4. The van der Waals surface area contributed by atoms with Gasteiger partial charge < -0.3 is 20.1 Å². The maximum Gasteiger partial charge on any atom is 0.259 e. The van der Waals surface area contributed by atoms with Gasteiger partial charge in [0.2, 0.25) is 0 Å². The number of ether oxygens (including phenoxy) is 1. The predicted octanol–water partition coefficient (Wildman–Crippen LogP) is 1.55. The molecular weight excluding hydrogens is 280 g/mol. The molecule has 0 aliphatic heterocycles. The number of amides is 1. The molecule has 1 fully saturated rings. The number of likely N-dealkylation sites (N-methyl/N-ethyl adjacent to an activating group) is 1. The third kappa shape index (κ3) is 5.00. The summed E-state index contributed by atoms with van der Waals surface area (Å²) in [7, 11) is 3.44. The van der Waals surface area contributed by atoms with Gasteiger partial charge in [-0.1, -0.05) is 18.2 Å². The number of aliphatic hydroxyl groups is 1. The van der Waals surface area contributed by atoms with Crippen LogP contribution >= 0.6 is 0 Å². The van der Waals surface area contributed by atoms with E-state index in [1.54, 1.807) is 14.1 Å². The van der Waals surface area contributed by atoms with Crippen molar-refractivity contribution in [2.24, 2.45) is 0 Å². The number of rotatable bonds is 6. The van der Waals surface area contributed by atoms with E-state index in [1.165, 1.54) is 4.90 Å². The number of para-hydroxylation sites is 1. The average Bonchev–Trinajstić information content (AvgIpc) is 2.52. The van der Waals surface area contributed by atoms with E-state index in [2.05, 4.69) is 5.32 Å². The summed E-state index contributed by atoms with van der Waals surface area (Å²) < 4.78 is 5.65. The van der Waals surface area contributed by atoms with Gasteiger partial charge in [-0.2, -0.15) is 0 Å². The van der Waals surface area contributed by atoms with E-state index in [0.717, 1.165) is 37.0 Å². The standard InChI is InChI=1S/C17H26N2O3/c1-19(2)17(21)12-22-16-6-4-3-5-13(16)11-18-14-7-9-15(20)10-8-14/h3-6,14-15,18,20H,7-12H2,1-2H3. The quantitative estimate of drug-likeness (QED) is 0.837. The van der Waals surface area contributed by atoms with Crippen LogP contribution in [0.25, 0.3) is 0 Å². The molecule has 0 heterocycles. The summed E-state index contributed by atoms with van der Waals surface area (Å²) in [5.74, 6) is 0.699. The molecule has 1 aromatic carbocycles. The highest BCUT2D eigenvalue weighted by molar-refractivity contribution is 5.77. The molecule has 5 heteroatoms. The van der Waals surface area contributed by atoms with Crippen LogP contribution in [-0.2, 0) is 11.3 Å². The van der Waals surface area contributed by atoms with Gasteiger partial charge in [0, 0.05) is 32.2 Å². The van der Waals surface area contributed by atoms with Crippen molar-refractivity contribution in [2.75, 3.05) is 20.7 Å². The lowest BCUT2D eigenvalue weighted by molar-refractivity contribution is -0.130. The number of nitrogens with zero attached hydrogens (tertiary/aromatic N) is 1. The first kappa shape index (κ1) is 16.8. The monoisotopic (exact) mass is 306 g/mol. The highest BCUT2D eigenvalue weighted by Crippen LogP contribution is 2.21. The third-order valence-electron chi connectivity index (χ3n) is 4.10. The van der Waals surface area contributed by atoms with Crippen molar-refractivity contribution in [1.82, 2.24) is 10.2 Å². The topological polar surface area (TPSA) is 61.8 Å². The lowest BCUT2D eigenvalue weighted by Gasteiger charge is -2.26. The fraction of sp³-hybridized carbons (Fsp3) is 0.588. The average molecular weight is 306 g/mol. The first-order chi connectivity index (χ1) is 10.6. The highest BCUT2D eigenvalue weighted by Gasteiger charge is 2.19. The lowest BCUT2D eigenvalue weighted by Crippen LogP contribution is -2.34. The van der Waals surface area contributed by atoms with E-state index < -0.39 is 0 Å². The SMILES string of the molecule is CN(C)C(=O)COc1ccccc1CNC1CCC(O)CC1. The minimum Gasteiger partial charge on any atom is -0.483 e. The van der Waals surface area contributed by atoms with Gasteiger partial charge in [-0.25, -0.2) is 0 Å². The molecule has 0 unspecified atom stereocenters. The van der Waals surface area contributed by atoms with Gasteiger partial charge >= 0.3 is 0 Å². The number of hydrogen-bond donors (Lipinski definition) is 2. The van der Waals surface area contributed by atoms with Crippen LogP contribution in [0.3, 0.4) is 0 Å². The van der Waals surface area contributed by atoms with Crippen LogP contribution in [0.2, 0.25) is 0 Å². The molecule has 1 aliphatic rings. The second kappa shape index (κ2) is 8.15. The largest absolute Gasteiger partial charge is 0.483 e. The first-order valence-electron chi connectivity index (χ1n) is 7.88. The van der Waals surface area contributed by atoms with Crippen LogP contribution in [0.15, 0.2) is 24.3 Å². The van der Waals surface area contributed by atoms with Crippen molar-refractivity contribution in [3.8, 4) is 5.75 Å². The van der Waals surface area contributed by atoms with Gasteiger partial charge in [0.05, 0.1) is 6.10 Å². The number of carbonyl (C=O) groups is 1. The fourth-order valence-electron chi connectivity index (χ4n) is 2.59. The lowest BCUT2D eigenvalue weighted by atomic mass is 9.93. The molecular formula is C17H26N2O3. The van der Waals surface area contributed by atoms with E-state index in [1.807, 2.05) is 24.3 Å². The van der Waals surface area contributed by atoms with Gasteiger partial charge in [-0.05, 0) is 31.7 Å². The van der Waals surface area contributed by atoms with Crippen LogP contribution in [0.5, 0.6) is 5.75 Å². The summed E-state index contributed by atoms with van der Waals surface area (Å²) in [6.07, 6.45) is 3.61. The summed E-state index contributed by atoms with van der Waals surface area (Å²) in [6, 6.07) is 8.24. The molecule has 0 atom stereocenters. The number of hydrogen-bond acceptors (Lipinski definition) is 4. The van der Waals surface area contributed by atoms with Crippen molar-refractivity contribution < 1.29 is 14.6 Å². The van der Waals surface area contributed by atoms with Gasteiger partial charge in [0.25, 0.3) is 5.91 Å². The molecule has 1 saturated carbocycles. The molecule has 2 N–H and O–H groups in total. The molecule has 0 saturated heterocycles. The maximum atomic E-state index is 11.6. The summed E-state index contributed by atoms with van der Waals surface area (Å²) >= 11 is 0. The van der Waals surface area contributed by atoms with Gasteiger partial charge in [0.15, 0.2) is 6.61 Å². The maximum absolute atomic E-state index is 11.6. The summed E-state index contributed by atoms with van der Waals surface area (Å²) in [5.41, 5.74) is 1.06. The Morgan fingerprint density at radius 3 is 2.64 bits per heavy atom. The summed E-state index contributed by atoms with van der Waals surface area (Å²) in [5, 5.41) is 13.1. The zero-order chi connectivity index (χ0) is 15.9. The fourth-order valence-corrected chi connectivity index (χ4v) is 2.59. The van der Waals surface area contributed by atoms with Crippen LogP contribution in [0, 0.1) is 0 Å². The zero-order valence-electron chi connectivity index (χ0n) is 13.4. The molecule has 5 nitrogen and oxygen atoms in total. The van der Waals surface area contributed by atoms with Crippen molar-refractivity contribution in [1.29, 1.82) is 0 Å². The van der Waals surface area contributed by atoms with Crippen molar-refractivity contribution in [3.63, 3.8) is 0 Å². The van der Waals surface area contributed by atoms with Crippen LogP contribution in [0.4, 0.5) is 0 Å². The molecule has 1 amide bonds. The van der Waals surface area contributed by atoms with Gasteiger partial charge in [0.1, 0.15) is 5.75 Å². The number of nitrogens with one attached hydrogen (secondary N) is 1. The van der Waals surface area contributed by atoms with Crippen molar-refractivity contribution in [2.45, 2.75) is 44.4 Å². The molecule has 1 aliphatic carbocycles. The zero-order valence-corrected chi connectivity index (χ0v) is 13.4. The first-order valence-corrected chi connectivity index (χ1v) is 7.88. The van der Waals surface area contributed by atoms with Crippen LogP contribution < -0.4 is 10.1 Å². The van der Waals surface area contributed by atoms with Crippen molar-refractivity contribution >= 4 is 5.91 Å². The molecule has 0 radical (unpaired) electrons. The van der Waals surface area contributed by atoms with E-state index in [9.17, 15) is 9.90 Å². The molecule has 0 bridgehead atoms. The Kier molecular flexibility index (Phi) is 6.21. The molecule has 122 valence electrons. The summed E-state index contributed by atoms with van der Waals surface area (Å²) in [6.45, 7) is 0.771. The number of aliphatic hydroxyl groups excluding tert-OH is 1. The summed E-state index contributed by atoms with van der Waals surface area (Å²) in [4.78, 5) is 13.1. The van der Waals surface area contributed by atoms with Gasteiger partial charge in [-0.15, -0.1) is 0 Å². The van der Waals surface area contributed by atoms with Crippen molar-refractivity contribution in [3.05, 3.63) is 29.8 Å². The molecule has 2 rings (SSSR count). The Morgan fingerprint density at radius 2 is 1.95 bits per heavy atom. The third-order valence-corrected chi connectivity index (χ3v) is 4.10.